The Labute approximate surface area is 133 Å². The van der Waals surface area contributed by atoms with E-state index in [0.29, 0.717) is 15.8 Å². The monoisotopic (exact) mass is 324 g/mol. The highest BCUT2D eigenvalue weighted by Crippen LogP contribution is 2.21. The molecular weight excluding hydrogens is 311 g/mol. The lowest BCUT2D eigenvalue weighted by molar-refractivity contribution is -0.145. The molecule has 21 heavy (non-hydrogen) atoms. The van der Waals surface area contributed by atoms with E-state index in [1.165, 1.54) is 0 Å². The zero-order valence-electron chi connectivity index (χ0n) is 11.3. The smallest absolute Gasteiger partial charge is 0.345 e. The predicted molar refractivity (Wildman–Crippen MR) is 83.4 cm³/mol. The number of aryl methyl sites for hydroxylation is 1. The van der Waals surface area contributed by atoms with Gasteiger partial charge in [0, 0.05) is 16.5 Å². The zero-order valence-corrected chi connectivity index (χ0v) is 12.9. The van der Waals surface area contributed by atoms with Crippen LogP contribution in [0.4, 0.5) is 0 Å². The van der Waals surface area contributed by atoms with Crippen molar-refractivity contribution in [2.24, 2.45) is 0 Å². The Kier molecular flexibility index (Phi) is 5.10. The first-order valence-electron chi connectivity index (χ1n) is 6.36. The van der Waals surface area contributed by atoms with Crippen LogP contribution >= 0.6 is 23.2 Å². The lowest BCUT2D eigenvalue weighted by Gasteiger charge is -2.16. The Balaban J connectivity index is 2.15. The van der Waals surface area contributed by atoms with E-state index in [1.807, 2.05) is 19.1 Å². The first-order valence-corrected chi connectivity index (χ1v) is 7.11. The lowest BCUT2D eigenvalue weighted by Crippen LogP contribution is -2.29. The molecule has 1 atom stereocenters. The van der Waals surface area contributed by atoms with Crippen molar-refractivity contribution in [3.8, 4) is 5.75 Å². The summed E-state index contributed by atoms with van der Waals surface area (Å²) >= 11 is 11.9. The number of ether oxygens (including phenoxy) is 1. The molecule has 0 aliphatic heterocycles. The number of carbonyl (C=O) groups is 1. The van der Waals surface area contributed by atoms with Crippen LogP contribution in [-0.2, 0) is 11.2 Å². The SMILES string of the molecule is Cc1ccc(CC(Oc2cccc(Cl)c2)C(=O)O)cc1Cl. The van der Waals surface area contributed by atoms with E-state index >= 15 is 0 Å². The number of benzene rings is 2. The Morgan fingerprint density at radius 2 is 2.00 bits per heavy atom. The number of hydrogen-bond donors (Lipinski definition) is 1. The average Bonchev–Trinajstić information content (AvgIpc) is 2.42. The molecule has 2 aromatic rings. The summed E-state index contributed by atoms with van der Waals surface area (Å²) in [5, 5.41) is 10.4. The van der Waals surface area contributed by atoms with Crippen LogP contribution in [0.25, 0.3) is 0 Å². The van der Waals surface area contributed by atoms with Gasteiger partial charge in [0.25, 0.3) is 0 Å². The fourth-order valence-corrected chi connectivity index (χ4v) is 2.24. The van der Waals surface area contributed by atoms with Crippen molar-refractivity contribution in [1.82, 2.24) is 0 Å². The van der Waals surface area contributed by atoms with E-state index in [0.717, 1.165) is 11.1 Å². The summed E-state index contributed by atoms with van der Waals surface area (Å²) in [6, 6.07) is 12.1. The topological polar surface area (TPSA) is 46.5 Å². The van der Waals surface area contributed by atoms with Gasteiger partial charge in [-0.3, -0.25) is 0 Å². The summed E-state index contributed by atoms with van der Waals surface area (Å²) in [5.74, 6) is -0.611. The van der Waals surface area contributed by atoms with Crippen molar-refractivity contribution < 1.29 is 14.6 Å². The third-order valence-electron chi connectivity index (χ3n) is 3.01. The second kappa shape index (κ2) is 6.83. The van der Waals surface area contributed by atoms with Crippen molar-refractivity contribution >= 4 is 29.2 Å². The van der Waals surface area contributed by atoms with E-state index in [1.54, 1.807) is 30.3 Å². The molecule has 0 bridgehead atoms. The third-order valence-corrected chi connectivity index (χ3v) is 3.65. The number of aliphatic carboxylic acids is 1. The van der Waals surface area contributed by atoms with Crippen molar-refractivity contribution in [3.05, 3.63) is 63.6 Å². The van der Waals surface area contributed by atoms with Crippen LogP contribution in [0, 0.1) is 6.92 Å². The summed E-state index contributed by atoms with van der Waals surface area (Å²) in [4.78, 5) is 11.4. The molecule has 0 saturated carbocycles. The van der Waals surface area contributed by atoms with Gasteiger partial charge in [0.2, 0.25) is 0 Å². The van der Waals surface area contributed by atoms with Crippen molar-refractivity contribution in [1.29, 1.82) is 0 Å². The number of hydrogen-bond acceptors (Lipinski definition) is 2. The van der Waals surface area contributed by atoms with E-state index in [-0.39, 0.29) is 6.42 Å². The van der Waals surface area contributed by atoms with Gasteiger partial charge < -0.3 is 9.84 Å². The molecule has 2 aromatic carbocycles. The summed E-state index contributed by atoms with van der Waals surface area (Å²) in [6.07, 6.45) is -0.774. The molecule has 0 spiro atoms. The summed E-state index contributed by atoms with van der Waals surface area (Å²) in [7, 11) is 0. The third kappa shape index (κ3) is 4.38. The van der Waals surface area contributed by atoms with Crippen LogP contribution < -0.4 is 4.74 Å². The van der Waals surface area contributed by atoms with E-state index in [4.69, 9.17) is 27.9 Å². The normalized spacial score (nSPS) is 12.0. The van der Waals surface area contributed by atoms with Crippen LogP contribution in [0.5, 0.6) is 5.75 Å². The quantitative estimate of drug-likeness (QED) is 0.887. The molecule has 5 heteroatoms. The van der Waals surface area contributed by atoms with Crippen LogP contribution in [0.1, 0.15) is 11.1 Å². The fraction of sp³-hybridized carbons (Fsp3) is 0.188. The highest BCUT2D eigenvalue weighted by atomic mass is 35.5. The second-order valence-corrected chi connectivity index (χ2v) is 5.53. The van der Waals surface area contributed by atoms with Gasteiger partial charge in [0.05, 0.1) is 0 Å². The van der Waals surface area contributed by atoms with E-state index in [9.17, 15) is 9.90 Å². The zero-order chi connectivity index (χ0) is 15.4. The molecule has 0 aliphatic rings. The molecule has 3 nitrogen and oxygen atoms in total. The van der Waals surface area contributed by atoms with Crippen LogP contribution in [0.3, 0.4) is 0 Å². The number of carboxylic acid groups (broad SMARTS) is 1. The summed E-state index contributed by atoms with van der Waals surface area (Å²) in [6.45, 7) is 1.89. The molecule has 0 radical (unpaired) electrons. The van der Waals surface area contributed by atoms with E-state index < -0.39 is 12.1 Å². The molecule has 1 N–H and O–H groups in total. The first-order chi connectivity index (χ1) is 9.95. The van der Waals surface area contributed by atoms with Crippen molar-refractivity contribution in [3.63, 3.8) is 0 Å². The summed E-state index contributed by atoms with van der Waals surface area (Å²) in [5.41, 5.74) is 1.75. The highest BCUT2D eigenvalue weighted by Gasteiger charge is 2.20. The maximum absolute atomic E-state index is 11.4. The Bertz CT molecular complexity index is 656. The minimum atomic E-state index is -1.04. The molecule has 0 amide bonds. The van der Waals surface area contributed by atoms with E-state index in [2.05, 4.69) is 0 Å². The first kappa shape index (κ1) is 15.7. The lowest BCUT2D eigenvalue weighted by atomic mass is 10.1. The van der Waals surface area contributed by atoms with Crippen LogP contribution in [0.15, 0.2) is 42.5 Å². The fourth-order valence-electron chi connectivity index (χ4n) is 1.86. The Hall–Kier alpha value is -1.71. The standard InChI is InChI=1S/C16H14Cl2O3/c1-10-5-6-11(7-14(10)18)8-15(16(19)20)21-13-4-2-3-12(17)9-13/h2-7,9,15H,8H2,1H3,(H,19,20). The van der Waals surface area contributed by atoms with Gasteiger partial charge in [0.1, 0.15) is 5.75 Å². The highest BCUT2D eigenvalue weighted by molar-refractivity contribution is 6.31. The molecule has 0 saturated heterocycles. The van der Waals surface area contributed by atoms with Crippen molar-refractivity contribution in [2.75, 3.05) is 0 Å². The van der Waals surface area contributed by atoms with Gasteiger partial charge in [-0.15, -0.1) is 0 Å². The van der Waals surface area contributed by atoms with Gasteiger partial charge in [-0.25, -0.2) is 4.79 Å². The van der Waals surface area contributed by atoms with Gasteiger partial charge in [0.15, 0.2) is 6.10 Å². The Morgan fingerprint density at radius 3 is 2.62 bits per heavy atom. The molecule has 2 rings (SSSR count). The predicted octanol–water partition coefficient (Wildman–Crippen LogP) is 4.38. The minimum Gasteiger partial charge on any atom is -0.478 e. The largest absolute Gasteiger partial charge is 0.478 e. The van der Waals surface area contributed by atoms with Gasteiger partial charge >= 0.3 is 5.97 Å². The second-order valence-electron chi connectivity index (χ2n) is 4.69. The minimum absolute atomic E-state index is 0.224. The summed E-state index contributed by atoms with van der Waals surface area (Å²) < 4.78 is 5.50. The van der Waals surface area contributed by atoms with Gasteiger partial charge in [-0.2, -0.15) is 0 Å². The van der Waals surface area contributed by atoms with Crippen molar-refractivity contribution in [2.45, 2.75) is 19.4 Å². The maximum atomic E-state index is 11.4. The van der Waals surface area contributed by atoms with Gasteiger partial charge in [-0.1, -0.05) is 41.4 Å². The molecule has 0 heterocycles. The maximum Gasteiger partial charge on any atom is 0.345 e. The molecule has 0 fully saturated rings. The van der Waals surface area contributed by atoms with Crippen LogP contribution in [-0.4, -0.2) is 17.2 Å². The molecule has 0 aliphatic carbocycles. The number of carboxylic acids is 1. The average molecular weight is 325 g/mol. The molecule has 0 aromatic heterocycles. The molecular formula is C16H14Cl2O3. The van der Waals surface area contributed by atoms with Gasteiger partial charge in [-0.05, 0) is 42.3 Å². The Morgan fingerprint density at radius 1 is 1.24 bits per heavy atom. The molecule has 110 valence electrons. The molecule has 1 unspecified atom stereocenters. The van der Waals surface area contributed by atoms with Crippen LogP contribution in [0.2, 0.25) is 10.0 Å². The number of rotatable bonds is 5. The number of halogens is 2.